The van der Waals surface area contributed by atoms with Gasteiger partial charge in [-0.3, -0.25) is 14.4 Å². The number of hydrogen-bond donors (Lipinski definition) is 1. The third-order valence-electron chi connectivity index (χ3n) is 4.96. The topological polar surface area (TPSA) is 80.6 Å². The molecule has 0 radical (unpaired) electrons. The lowest BCUT2D eigenvalue weighted by Crippen LogP contribution is -2.40. The molecule has 1 saturated heterocycles. The van der Waals surface area contributed by atoms with E-state index < -0.39 is 5.91 Å². The van der Waals surface area contributed by atoms with Crippen LogP contribution in [0.4, 0.5) is 0 Å². The van der Waals surface area contributed by atoms with Crippen molar-refractivity contribution in [2.24, 2.45) is 7.05 Å². The number of ether oxygens (including phenoxy) is 1. The van der Waals surface area contributed by atoms with Crippen molar-refractivity contribution >= 4 is 45.0 Å². The number of halogens is 1. The fraction of sp³-hybridized carbons (Fsp3) is 0.286. The second-order valence-electron chi connectivity index (χ2n) is 7.03. The number of amides is 2. The predicted octanol–water partition coefficient (Wildman–Crippen LogP) is 2.66. The van der Waals surface area contributed by atoms with Crippen LogP contribution >= 0.6 is 22.9 Å². The highest BCUT2D eigenvalue weighted by Crippen LogP contribution is 2.25. The molecule has 0 aliphatic carbocycles. The summed E-state index contributed by atoms with van der Waals surface area (Å²) in [7, 11) is 1.76. The molecule has 0 spiro atoms. The third-order valence-corrected chi connectivity index (χ3v) is 6.43. The van der Waals surface area contributed by atoms with Crippen LogP contribution in [0.1, 0.15) is 25.6 Å². The van der Waals surface area contributed by atoms with Crippen molar-refractivity contribution in [3.05, 3.63) is 67.8 Å². The van der Waals surface area contributed by atoms with Gasteiger partial charge < -0.3 is 19.5 Å². The number of rotatable bonds is 4. The minimum atomic E-state index is -0.459. The number of benzene rings is 1. The molecule has 9 heteroatoms. The molecule has 0 atom stereocenters. The minimum Gasteiger partial charge on any atom is -0.378 e. The van der Waals surface area contributed by atoms with Gasteiger partial charge >= 0.3 is 0 Å². The smallest absolute Gasteiger partial charge is 0.264 e. The van der Waals surface area contributed by atoms with Crippen molar-refractivity contribution in [2.75, 3.05) is 26.3 Å². The largest absolute Gasteiger partial charge is 0.378 e. The van der Waals surface area contributed by atoms with Gasteiger partial charge in [-0.2, -0.15) is 0 Å². The Balaban J connectivity index is 1.59. The van der Waals surface area contributed by atoms with Crippen LogP contribution in [0.2, 0.25) is 5.02 Å². The van der Waals surface area contributed by atoms with Gasteiger partial charge in [-0.1, -0.05) is 23.7 Å². The molecule has 3 heterocycles. The molecule has 0 bridgehead atoms. The average molecular weight is 446 g/mol. The predicted molar refractivity (Wildman–Crippen MR) is 116 cm³/mol. The first kappa shape index (κ1) is 20.6. The van der Waals surface area contributed by atoms with Gasteiger partial charge in [0.25, 0.3) is 11.8 Å². The lowest BCUT2D eigenvalue weighted by molar-refractivity contribution is 0.0306. The molecule has 1 aliphatic heterocycles. The zero-order valence-electron chi connectivity index (χ0n) is 16.3. The van der Waals surface area contributed by atoms with Crippen LogP contribution in [0.5, 0.6) is 0 Å². The van der Waals surface area contributed by atoms with E-state index >= 15 is 0 Å². The number of nitrogens with one attached hydrogen (secondary N) is 1. The van der Waals surface area contributed by atoms with Gasteiger partial charge in [-0.15, -0.1) is 11.3 Å². The lowest BCUT2D eigenvalue weighted by atomic mass is 10.2. The molecular weight excluding hydrogens is 426 g/mol. The molecule has 7 nitrogen and oxygen atoms in total. The van der Waals surface area contributed by atoms with E-state index in [1.807, 2.05) is 12.1 Å². The summed E-state index contributed by atoms with van der Waals surface area (Å²) >= 11 is 7.13. The monoisotopic (exact) mass is 445 g/mol. The van der Waals surface area contributed by atoms with E-state index in [1.165, 1.54) is 17.5 Å². The van der Waals surface area contributed by atoms with E-state index in [9.17, 15) is 14.4 Å². The van der Waals surface area contributed by atoms with Crippen molar-refractivity contribution in [3.63, 3.8) is 0 Å². The van der Waals surface area contributed by atoms with E-state index in [4.69, 9.17) is 16.3 Å². The molecule has 1 fully saturated rings. The quantitative estimate of drug-likeness (QED) is 0.669. The normalized spacial score (nSPS) is 14.1. The molecule has 1 aromatic carbocycles. The summed E-state index contributed by atoms with van der Waals surface area (Å²) in [5.74, 6) is -0.577. The Hall–Kier alpha value is -2.68. The van der Waals surface area contributed by atoms with Gasteiger partial charge in [0.05, 0.1) is 23.5 Å². The van der Waals surface area contributed by atoms with Crippen LogP contribution in [0, 0.1) is 0 Å². The van der Waals surface area contributed by atoms with E-state index in [0.29, 0.717) is 46.4 Å². The summed E-state index contributed by atoms with van der Waals surface area (Å²) in [6, 6.07) is 8.70. The van der Waals surface area contributed by atoms with Crippen molar-refractivity contribution in [3.8, 4) is 0 Å². The first-order chi connectivity index (χ1) is 14.4. The van der Waals surface area contributed by atoms with Crippen LogP contribution in [0.3, 0.4) is 0 Å². The fourth-order valence-corrected chi connectivity index (χ4v) is 4.52. The van der Waals surface area contributed by atoms with Crippen molar-refractivity contribution < 1.29 is 14.3 Å². The summed E-state index contributed by atoms with van der Waals surface area (Å²) in [4.78, 5) is 41.3. The standard InChI is InChI=1S/C21H20ClN3O4S/c1-24-12-16(19(27)23-11-13-2-4-14(22)5-3-13)18(26)15-10-17(30-21(15)24)20(28)25-6-8-29-9-7-25/h2-5,10,12H,6-9,11H2,1H3,(H,23,27). The van der Waals surface area contributed by atoms with Crippen LogP contribution in [-0.4, -0.2) is 47.6 Å². The number of carbonyl (C=O) groups excluding carboxylic acids is 2. The summed E-state index contributed by atoms with van der Waals surface area (Å²) in [6.07, 6.45) is 1.52. The Kier molecular flexibility index (Phi) is 5.90. The number of thiophene rings is 1. The Morgan fingerprint density at radius 3 is 2.60 bits per heavy atom. The van der Waals surface area contributed by atoms with Crippen LogP contribution in [-0.2, 0) is 18.3 Å². The molecular formula is C21H20ClN3O4S. The zero-order valence-corrected chi connectivity index (χ0v) is 17.9. The SMILES string of the molecule is Cn1cc(C(=O)NCc2ccc(Cl)cc2)c(=O)c2cc(C(=O)N3CCOCC3)sc21. The number of morpholine rings is 1. The molecule has 30 heavy (non-hydrogen) atoms. The molecule has 1 N–H and O–H groups in total. The van der Waals surface area contributed by atoms with Gasteiger partial charge in [-0.25, -0.2) is 0 Å². The highest BCUT2D eigenvalue weighted by molar-refractivity contribution is 7.20. The van der Waals surface area contributed by atoms with Crippen molar-refractivity contribution in [1.82, 2.24) is 14.8 Å². The Bertz CT molecular complexity index is 1160. The second kappa shape index (κ2) is 8.59. The van der Waals surface area contributed by atoms with E-state index in [1.54, 1.807) is 34.7 Å². The van der Waals surface area contributed by atoms with Crippen molar-refractivity contribution in [2.45, 2.75) is 6.54 Å². The Morgan fingerprint density at radius 1 is 1.20 bits per heavy atom. The summed E-state index contributed by atoms with van der Waals surface area (Å²) in [5.41, 5.74) is 0.538. The fourth-order valence-electron chi connectivity index (χ4n) is 3.33. The molecule has 2 amide bonds. The molecule has 1 aliphatic rings. The molecule has 3 aromatic rings. The van der Waals surface area contributed by atoms with E-state index in [2.05, 4.69) is 5.32 Å². The molecule has 0 saturated carbocycles. The first-order valence-electron chi connectivity index (χ1n) is 9.47. The lowest BCUT2D eigenvalue weighted by Gasteiger charge is -2.26. The maximum atomic E-state index is 13.0. The van der Waals surface area contributed by atoms with E-state index in [0.717, 1.165) is 5.56 Å². The van der Waals surface area contributed by atoms with Gasteiger partial charge in [0.2, 0.25) is 5.43 Å². The molecule has 0 unspecified atom stereocenters. The summed E-state index contributed by atoms with van der Waals surface area (Å²) < 4.78 is 7.01. The number of fused-ring (bicyclic) bond motifs is 1. The summed E-state index contributed by atoms with van der Waals surface area (Å²) in [5, 5.41) is 3.76. The highest BCUT2D eigenvalue weighted by atomic mass is 35.5. The summed E-state index contributed by atoms with van der Waals surface area (Å²) in [6.45, 7) is 2.36. The highest BCUT2D eigenvalue weighted by Gasteiger charge is 2.23. The number of hydrogen-bond acceptors (Lipinski definition) is 5. The van der Waals surface area contributed by atoms with Crippen molar-refractivity contribution in [1.29, 1.82) is 0 Å². The second-order valence-corrected chi connectivity index (χ2v) is 8.49. The van der Waals surface area contributed by atoms with Gasteiger partial charge in [0, 0.05) is 37.9 Å². The number of pyridine rings is 1. The van der Waals surface area contributed by atoms with Crippen LogP contribution in [0.25, 0.3) is 10.2 Å². The number of carbonyl (C=O) groups is 2. The number of nitrogens with zero attached hydrogens (tertiary/aromatic N) is 2. The molecule has 156 valence electrons. The maximum absolute atomic E-state index is 13.0. The van der Waals surface area contributed by atoms with E-state index in [-0.39, 0.29) is 23.4 Å². The maximum Gasteiger partial charge on any atom is 0.264 e. The third kappa shape index (κ3) is 4.12. The average Bonchev–Trinajstić information content (AvgIpc) is 3.22. The van der Waals surface area contributed by atoms with Crippen LogP contribution < -0.4 is 10.7 Å². The van der Waals surface area contributed by atoms with Gasteiger partial charge in [0.15, 0.2) is 0 Å². The van der Waals surface area contributed by atoms with Crippen LogP contribution in [0.15, 0.2) is 41.3 Å². The number of aryl methyl sites for hydroxylation is 1. The minimum absolute atomic E-state index is 0.0436. The van der Waals surface area contributed by atoms with Gasteiger partial charge in [0.1, 0.15) is 10.4 Å². The zero-order chi connectivity index (χ0) is 21.3. The first-order valence-corrected chi connectivity index (χ1v) is 10.7. The molecule has 2 aromatic heterocycles. The Labute approximate surface area is 181 Å². The number of aromatic nitrogens is 1. The van der Waals surface area contributed by atoms with Gasteiger partial charge in [-0.05, 0) is 23.8 Å². The molecule has 4 rings (SSSR count). The Morgan fingerprint density at radius 2 is 1.90 bits per heavy atom.